The molecule has 0 bridgehead atoms. The number of aromatic nitrogens is 2. The molecule has 0 spiro atoms. The Bertz CT molecular complexity index is 507. The maximum absolute atomic E-state index is 11.8. The number of ether oxygens (including phenoxy) is 1. The molecule has 0 unspecified atom stereocenters. The number of nitrogens with zero attached hydrogens (tertiary/aromatic N) is 4. The molecule has 0 aliphatic carbocycles. The minimum atomic E-state index is -0.507. The van der Waals surface area contributed by atoms with Gasteiger partial charge < -0.3 is 19.9 Å². The summed E-state index contributed by atoms with van der Waals surface area (Å²) < 4.78 is 5.23. The second kappa shape index (κ2) is 6.91. The van der Waals surface area contributed by atoms with Crippen molar-refractivity contribution in [3.8, 4) is 5.88 Å². The monoisotopic (exact) mass is 307 g/mol. The zero-order valence-corrected chi connectivity index (χ0v) is 13.8. The van der Waals surface area contributed by atoms with E-state index in [0.717, 1.165) is 38.5 Å². The van der Waals surface area contributed by atoms with Gasteiger partial charge in [0, 0.05) is 37.8 Å². The van der Waals surface area contributed by atoms with Crippen molar-refractivity contribution in [2.75, 3.05) is 37.6 Å². The molecule has 7 nitrogen and oxygen atoms in total. The SMILES string of the molecule is CCN1CCN(c2cc(OC(=O)NC(C)(C)C)ncn2)CC1. The Morgan fingerprint density at radius 3 is 2.55 bits per heavy atom. The highest BCUT2D eigenvalue weighted by atomic mass is 16.6. The summed E-state index contributed by atoms with van der Waals surface area (Å²) in [6.07, 6.45) is 0.925. The summed E-state index contributed by atoms with van der Waals surface area (Å²) in [5, 5.41) is 2.74. The molecule has 1 aliphatic heterocycles. The third-order valence-electron chi connectivity index (χ3n) is 3.45. The van der Waals surface area contributed by atoms with Crippen LogP contribution in [0.5, 0.6) is 5.88 Å². The van der Waals surface area contributed by atoms with Gasteiger partial charge in [-0.3, -0.25) is 0 Å². The van der Waals surface area contributed by atoms with E-state index in [9.17, 15) is 4.79 Å². The molecule has 1 fully saturated rings. The number of carbonyl (C=O) groups is 1. The molecule has 1 N–H and O–H groups in total. The quantitative estimate of drug-likeness (QED) is 0.912. The van der Waals surface area contributed by atoms with Crippen molar-refractivity contribution in [3.05, 3.63) is 12.4 Å². The van der Waals surface area contributed by atoms with Crippen molar-refractivity contribution >= 4 is 11.9 Å². The van der Waals surface area contributed by atoms with Gasteiger partial charge in [-0.15, -0.1) is 0 Å². The lowest BCUT2D eigenvalue weighted by molar-refractivity contribution is 0.188. The first-order chi connectivity index (χ1) is 10.4. The fourth-order valence-electron chi connectivity index (χ4n) is 2.28. The van der Waals surface area contributed by atoms with Crippen LogP contribution in [0.2, 0.25) is 0 Å². The minimum absolute atomic E-state index is 0.268. The number of nitrogens with one attached hydrogen (secondary N) is 1. The lowest BCUT2D eigenvalue weighted by Gasteiger charge is -2.34. The van der Waals surface area contributed by atoms with E-state index in [1.54, 1.807) is 6.07 Å². The van der Waals surface area contributed by atoms with E-state index in [0.29, 0.717) is 0 Å². The van der Waals surface area contributed by atoms with Gasteiger partial charge in [0.15, 0.2) is 0 Å². The lowest BCUT2D eigenvalue weighted by Crippen LogP contribution is -2.46. The van der Waals surface area contributed by atoms with E-state index in [4.69, 9.17) is 4.74 Å². The summed E-state index contributed by atoms with van der Waals surface area (Å²) >= 11 is 0. The summed E-state index contributed by atoms with van der Waals surface area (Å²) in [5.41, 5.74) is -0.344. The predicted molar refractivity (Wildman–Crippen MR) is 85.3 cm³/mol. The fraction of sp³-hybridized carbons (Fsp3) is 0.667. The van der Waals surface area contributed by atoms with Crippen LogP contribution in [0.3, 0.4) is 0 Å². The van der Waals surface area contributed by atoms with Crippen molar-refractivity contribution in [3.63, 3.8) is 0 Å². The van der Waals surface area contributed by atoms with Crippen molar-refractivity contribution in [2.24, 2.45) is 0 Å². The third kappa shape index (κ3) is 4.84. The van der Waals surface area contributed by atoms with Gasteiger partial charge in [-0.25, -0.2) is 14.8 Å². The third-order valence-corrected chi connectivity index (χ3v) is 3.45. The van der Waals surface area contributed by atoms with E-state index in [-0.39, 0.29) is 11.4 Å². The highest BCUT2D eigenvalue weighted by molar-refractivity contribution is 5.70. The smallest absolute Gasteiger partial charge is 0.391 e. The van der Waals surface area contributed by atoms with Gasteiger partial charge in [0.2, 0.25) is 5.88 Å². The molecule has 2 rings (SSSR count). The van der Waals surface area contributed by atoms with Crippen LogP contribution in [0.1, 0.15) is 27.7 Å². The first kappa shape index (κ1) is 16.5. The van der Waals surface area contributed by atoms with Crippen LogP contribution in [0, 0.1) is 0 Å². The first-order valence-electron chi connectivity index (χ1n) is 7.67. The molecule has 0 saturated carbocycles. The Hall–Kier alpha value is -1.89. The van der Waals surface area contributed by atoms with Crippen LogP contribution in [-0.4, -0.2) is 59.2 Å². The zero-order valence-electron chi connectivity index (χ0n) is 13.8. The molecule has 2 heterocycles. The highest BCUT2D eigenvalue weighted by Crippen LogP contribution is 2.17. The number of hydrogen-bond donors (Lipinski definition) is 1. The zero-order chi connectivity index (χ0) is 16.2. The van der Waals surface area contributed by atoms with E-state index >= 15 is 0 Å². The summed E-state index contributed by atoms with van der Waals surface area (Å²) in [6.45, 7) is 12.8. The molecule has 122 valence electrons. The number of amides is 1. The number of hydrogen-bond acceptors (Lipinski definition) is 6. The van der Waals surface area contributed by atoms with Crippen molar-refractivity contribution in [1.29, 1.82) is 0 Å². The van der Waals surface area contributed by atoms with Gasteiger partial charge >= 0.3 is 6.09 Å². The minimum Gasteiger partial charge on any atom is -0.391 e. The standard InChI is InChI=1S/C15H25N5O2/c1-5-19-6-8-20(9-7-19)12-10-13(17-11-16-12)22-14(21)18-15(2,3)4/h10-11H,5-9H2,1-4H3,(H,18,21). The molecule has 22 heavy (non-hydrogen) atoms. The summed E-state index contributed by atoms with van der Waals surface area (Å²) in [4.78, 5) is 24.6. The normalized spacial score (nSPS) is 16.5. The van der Waals surface area contributed by atoms with Gasteiger partial charge in [-0.05, 0) is 27.3 Å². The molecule has 0 atom stereocenters. The second-order valence-electron chi connectivity index (χ2n) is 6.40. The number of rotatable bonds is 3. The molecular weight excluding hydrogens is 282 g/mol. The molecule has 1 aromatic rings. The van der Waals surface area contributed by atoms with Crippen molar-refractivity contribution < 1.29 is 9.53 Å². The largest absolute Gasteiger partial charge is 0.414 e. The van der Waals surface area contributed by atoms with Crippen molar-refractivity contribution in [1.82, 2.24) is 20.2 Å². The molecular formula is C15H25N5O2. The van der Waals surface area contributed by atoms with Crippen LogP contribution < -0.4 is 15.0 Å². The highest BCUT2D eigenvalue weighted by Gasteiger charge is 2.19. The van der Waals surface area contributed by atoms with Gasteiger partial charge in [-0.2, -0.15) is 0 Å². The van der Waals surface area contributed by atoms with Crippen molar-refractivity contribution in [2.45, 2.75) is 33.2 Å². The molecule has 0 radical (unpaired) electrons. The average Bonchev–Trinajstić information content (AvgIpc) is 2.45. The summed E-state index contributed by atoms with van der Waals surface area (Å²) in [7, 11) is 0. The predicted octanol–water partition coefficient (Wildman–Crippen LogP) is 1.51. The molecule has 7 heteroatoms. The maximum atomic E-state index is 11.8. The maximum Gasteiger partial charge on any atom is 0.414 e. The van der Waals surface area contributed by atoms with Gasteiger partial charge in [0.25, 0.3) is 0 Å². The van der Waals surface area contributed by atoms with Crippen LogP contribution >= 0.6 is 0 Å². The Morgan fingerprint density at radius 1 is 1.27 bits per heavy atom. The Kier molecular flexibility index (Phi) is 5.18. The topological polar surface area (TPSA) is 70.6 Å². The summed E-state index contributed by atoms with van der Waals surface area (Å²) in [6, 6.07) is 1.71. The van der Waals surface area contributed by atoms with Crippen LogP contribution in [0.4, 0.5) is 10.6 Å². The molecule has 1 aliphatic rings. The molecule has 1 saturated heterocycles. The van der Waals surface area contributed by atoms with Gasteiger partial charge in [0.1, 0.15) is 12.1 Å². The van der Waals surface area contributed by atoms with Crippen LogP contribution in [0.15, 0.2) is 12.4 Å². The fourth-order valence-corrected chi connectivity index (χ4v) is 2.28. The average molecular weight is 307 g/mol. The van der Waals surface area contributed by atoms with Crippen LogP contribution in [-0.2, 0) is 0 Å². The lowest BCUT2D eigenvalue weighted by atomic mass is 10.1. The van der Waals surface area contributed by atoms with Gasteiger partial charge in [-0.1, -0.05) is 6.92 Å². The molecule has 1 aromatic heterocycles. The number of likely N-dealkylation sites (N-methyl/N-ethyl adjacent to an activating group) is 1. The van der Waals surface area contributed by atoms with E-state index in [1.807, 2.05) is 20.8 Å². The van der Waals surface area contributed by atoms with E-state index in [1.165, 1.54) is 6.33 Å². The number of carbonyl (C=O) groups excluding carboxylic acids is 1. The first-order valence-corrected chi connectivity index (χ1v) is 7.67. The van der Waals surface area contributed by atoms with E-state index < -0.39 is 6.09 Å². The Morgan fingerprint density at radius 2 is 1.95 bits per heavy atom. The van der Waals surface area contributed by atoms with Gasteiger partial charge in [0.05, 0.1) is 0 Å². The Balaban J connectivity index is 1.97. The van der Waals surface area contributed by atoms with Crippen LogP contribution in [0.25, 0.3) is 0 Å². The Labute approximate surface area is 131 Å². The number of anilines is 1. The molecule has 0 aromatic carbocycles. The number of piperazine rings is 1. The summed E-state index contributed by atoms with van der Waals surface area (Å²) in [5.74, 6) is 1.06. The molecule has 1 amide bonds. The second-order valence-corrected chi connectivity index (χ2v) is 6.40. The van der Waals surface area contributed by atoms with E-state index in [2.05, 4.69) is 32.0 Å².